The van der Waals surface area contributed by atoms with Crippen molar-refractivity contribution in [3.63, 3.8) is 0 Å². The molecule has 180 valence electrons. The van der Waals surface area contributed by atoms with Crippen LogP contribution in [0, 0.1) is 23.5 Å². The molecule has 0 bridgehead atoms. The van der Waals surface area contributed by atoms with Crippen molar-refractivity contribution < 1.29 is 23.1 Å². The van der Waals surface area contributed by atoms with E-state index in [0.717, 1.165) is 31.7 Å². The van der Waals surface area contributed by atoms with Gasteiger partial charge in [-0.25, -0.2) is 13.6 Å². The average molecular weight is 471 g/mol. The molecule has 2 heterocycles. The molecule has 2 aromatic rings. The maximum Gasteiger partial charge on any atom is 0.405 e. The van der Waals surface area contributed by atoms with Crippen LogP contribution in [0.1, 0.15) is 49.4 Å². The molecule has 2 saturated carbocycles. The van der Waals surface area contributed by atoms with Crippen LogP contribution in [-0.4, -0.2) is 41.7 Å². The summed E-state index contributed by atoms with van der Waals surface area (Å²) in [4.78, 5) is 31.3. The summed E-state index contributed by atoms with van der Waals surface area (Å²) in [5, 5.41) is 3.23. The number of nitrogens with one attached hydrogen (secondary N) is 1. The molecule has 2 aliphatic carbocycles. The van der Waals surface area contributed by atoms with Gasteiger partial charge in [0.15, 0.2) is 0 Å². The number of nitrogens with two attached hydrogens (primary N) is 1. The summed E-state index contributed by atoms with van der Waals surface area (Å²) >= 11 is 0. The van der Waals surface area contributed by atoms with E-state index in [9.17, 15) is 18.4 Å². The van der Waals surface area contributed by atoms with E-state index in [4.69, 9.17) is 10.5 Å². The molecule has 5 rings (SSSR count). The lowest BCUT2D eigenvalue weighted by molar-refractivity contribution is 0.0480. The van der Waals surface area contributed by atoms with Gasteiger partial charge in [-0.15, -0.1) is 0 Å². The van der Waals surface area contributed by atoms with Crippen molar-refractivity contribution in [1.82, 2.24) is 10.3 Å². The van der Waals surface area contributed by atoms with E-state index in [2.05, 4.69) is 10.3 Å². The van der Waals surface area contributed by atoms with E-state index < -0.39 is 23.3 Å². The molecule has 3 fully saturated rings. The number of primary amides is 1. The number of amides is 2. The number of halogens is 2. The lowest BCUT2D eigenvalue weighted by atomic mass is 10.0. The predicted molar refractivity (Wildman–Crippen MR) is 122 cm³/mol. The molecular weight excluding hydrogens is 442 g/mol. The van der Waals surface area contributed by atoms with E-state index >= 15 is 0 Å². The smallest absolute Gasteiger partial charge is 0.405 e. The Morgan fingerprint density at radius 2 is 1.82 bits per heavy atom. The largest absolute Gasteiger partial charge is 0.441 e. The SMILES string of the molecule is C[C@]1(OC(N)=O)CCN(c2c(C(=O)NC(C3CC3)C3CC3)ccnc2-c2cc(F)cc(F)c2)C1. The van der Waals surface area contributed by atoms with Crippen molar-refractivity contribution >= 4 is 17.7 Å². The lowest BCUT2D eigenvalue weighted by Crippen LogP contribution is -2.40. The van der Waals surface area contributed by atoms with Crippen molar-refractivity contribution in [3.05, 3.63) is 47.7 Å². The number of carbonyl (C=O) groups excluding carboxylic acids is 2. The highest BCUT2D eigenvalue weighted by molar-refractivity contribution is 6.03. The highest BCUT2D eigenvalue weighted by Crippen LogP contribution is 2.45. The topological polar surface area (TPSA) is 97.5 Å². The number of rotatable bonds is 7. The number of pyridine rings is 1. The number of hydrogen-bond acceptors (Lipinski definition) is 5. The van der Waals surface area contributed by atoms with Crippen molar-refractivity contribution in [2.75, 3.05) is 18.0 Å². The van der Waals surface area contributed by atoms with Gasteiger partial charge in [0, 0.05) is 36.8 Å². The van der Waals surface area contributed by atoms with Crippen molar-refractivity contribution in [3.8, 4) is 11.3 Å². The van der Waals surface area contributed by atoms with E-state index in [1.807, 2.05) is 4.90 Å². The standard InChI is InChI=1S/C25H28F2N4O3/c1-25(34-24(28)33)7-9-31(13-25)22-19(23(32)30-20(14-2-3-14)15-4-5-15)6-8-29-21(22)16-10-17(26)12-18(27)11-16/h6,8,10-12,14-15,20H,2-5,7,9,13H2,1H3,(H2,28,33)(H,30,32)/t25-/m0/s1. The van der Waals surface area contributed by atoms with Gasteiger partial charge in [0.05, 0.1) is 23.5 Å². The van der Waals surface area contributed by atoms with Gasteiger partial charge in [-0.1, -0.05) is 0 Å². The Balaban J connectivity index is 1.54. The first-order chi connectivity index (χ1) is 16.2. The Bertz CT molecular complexity index is 1100. The first-order valence-corrected chi connectivity index (χ1v) is 11.7. The van der Waals surface area contributed by atoms with E-state index in [1.54, 1.807) is 13.0 Å². The molecule has 0 radical (unpaired) electrons. The van der Waals surface area contributed by atoms with Crippen LogP contribution >= 0.6 is 0 Å². The molecule has 1 atom stereocenters. The molecule has 7 nitrogen and oxygen atoms in total. The molecule has 1 aromatic heterocycles. The number of hydrogen-bond donors (Lipinski definition) is 2. The van der Waals surface area contributed by atoms with Gasteiger partial charge in [-0.05, 0) is 62.6 Å². The fourth-order valence-corrected chi connectivity index (χ4v) is 5.07. The average Bonchev–Trinajstić information content (AvgIpc) is 3.69. The van der Waals surface area contributed by atoms with Crippen LogP contribution < -0.4 is 16.0 Å². The summed E-state index contributed by atoms with van der Waals surface area (Å²) in [6, 6.07) is 4.96. The highest BCUT2D eigenvalue weighted by atomic mass is 19.1. The number of nitrogens with zero attached hydrogens (tertiary/aromatic N) is 2. The molecular formula is C25H28F2N4O3. The second-order valence-corrected chi connectivity index (χ2v) is 9.93. The maximum absolute atomic E-state index is 14.1. The molecule has 3 N–H and O–H groups in total. The maximum atomic E-state index is 14.1. The monoisotopic (exact) mass is 470 g/mol. The van der Waals surface area contributed by atoms with Gasteiger partial charge >= 0.3 is 6.09 Å². The lowest BCUT2D eigenvalue weighted by Gasteiger charge is -2.28. The molecule has 1 aromatic carbocycles. The molecule has 1 saturated heterocycles. The van der Waals surface area contributed by atoms with Gasteiger partial charge < -0.3 is 20.7 Å². The van der Waals surface area contributed by atoms with Gasteiger partial charge in [0.25, 0.3) is 5.91 Å². The summed E-state index contributed by atoms with van der Waals surface area (Å²) in [6.07, 6.45) is 5.56. The Morgan fingerprint density at radius 1 is 1.18 bits per heavy atom. The summed E-state index contributed by atoms with van der Waals surface area (Å²) in [5.41, 5.74) is 5.77. The number of aromatic nitrogens is 1. The van der Waals surface area contributed by atoms with Crippen molar-refractivity contribution in [2.24, 2.45) is 17.6 Å². The highest BCUT2D eigenvalue weighted by Gasteiger charge is 2.43. The minimum absolute atomic E-state index is 0.144. The zero-order valence-electron chi connectivity index (χ0n) is 19.0. The zero-order chi connectivity index (χ0) is 24.0. The summed E-state index contributed by atoms with van der Waals surface area (Å²) in [6.45, 7) is 2.49. The molecule has 3 aliphatic rings. The fourth-order valence-electron chi connectivity index (χ4n) is 5.07. The third kappa shape index (κ3) is 4.69. The van der Waals surface area contributed by atoms with Crippen molar-refractivity contribution in [2.45, 2.75) is 50.7 Å². The van der Waals surface area contributed by atoms with Crippen LogP contribution in [0.15, 0.2) is 30.5 Å². The predicted octanol–water partition coefficient (Wildman–Crippen LogP) is 4.01. The Kier molecular flexibility index (Phi) is 5.65. The van der Waals surface area contributed by atoms with E-state index in [0.29, 0.717) is 41.7 Å². The van der Waals surface area contributed by atoms with Crippen LogP contribution in [0.25, 0.3) is 11.3 Å². The first-order valence-electron chi connectivity index (χ1n) is 11.7. The van der Waals surface area contributed by atoms with Crippen molar-refractivity contribution in [1.29, 1.82) is 0 Å². The van der Waals surface area contributed by atoms with Gasteiger partial charge in [-0.3, -0.25) is 9.78 Å². The third-order valence-corrected chi connectivity index (χ3v) is 6.96. The normalized spacial score (nSPS) is 22.2. The molecule has 1 aliphatic heterocycles. The molecule has 2 amide bonds. The number of carbonyl (C=O) groups is 2. The first kappa shape index (κ1) is 22.6. The number of anilines is 1. The number of benzene rings is 1. The molecule has 0 spiro atoms. The minimum atomic E-state index is -0.877. The Hall–Kier alpha value is -3.23. The third-order valence-electron chi connectivity index (χ3n) is 6.96. The minimum Gasteiger partial charge on any atom is -0.441 e. The van der Waals surface area contributed by atoms with Crippen LogP contribution in [-0.2, 0) is 4.74 Å². The number of ether oxygens (including phenoxy) is 1. The summed E-state index contributed by atoms with van der Waals surface area (Å²) < 4.78 is 33.5. The van der Waals surface area contributed by atoms with Crippen LogP contribution in [0.4, 0.5) is 19.3 Å². The van der Waals surface area contributed by atoms with Gasteiger partial charge in [0.2, 0.25) is 0 Å². The Labute approximate surface area is 196 Å². The second kappa shape index (κ2) is 8.52. The van der Waals surface area contributed by atoms with E-state index in [-0.39, 0.29) is 24.1 Å². The van der Waals surface area contributed by atoms with Crippen LogP contribution in [0.3, 0.4) is 0 Å². The van der Waals surface area contributed by atoms with Crippen LogP contribution in [0.5, 0.6) is 0 Å². The summed E-state index contributed by atoms with van der Waals surface area (Å²) in [7, 11) is 0. The Morgan fingerprint density at radius 3 is 2.41 bits per heavy atom. The van der Waals surface area contributed by atoms with Gasteiger partial charge in [0.1, 0.15) is 17.2 Å². The zero-order valence-corrected chi connectivity index (χ0v) is 19.0. The molecule has 0 unspecified atom stereocenters. The molecule has 9 heteroatoms. The van der Waals surface area contributed by atoms with Crippen LogP contribution in [0.2, 0.25) is 0 Å². The quantitative estimate of drug-likeness (QED) is 0.637. The fraction of sp³-hybridized carbons (Fsp3) is 0.480. The van der Waals surface area contributed by atoms with E-state index in [1.165, 1.54) is 18.3 Å². The molecule has 34 heavy (non-hydrogen) atoms. The van der Waals surface area contributed by atoms with Gasteiger partial charge in [-0.2, -0.15) is 0 Å². The summed E-state index contributed by atoms with van der Waals surface area (Å²) in [5.74, 6) is -0.675. The second-order valence-electron chi connectivity index (χ2n) is 9.93.